The molecule has 1 saturated heterocycles. The van der Waals surface area contributed by atoms with Crippen LogP contribution < -0.4 is 19.9 Å². The number of para-hydroxylation sites is 1. The first-order valence-electron chi connectivity index (χ1n) is 13.2. The standard InChI is InChI=1S/C26H33N5O7S/c1-4-5-9-20-27-23(32)22(25(33)31(20)21-18(36-2)7-6-8-19(21)37-3)39(34,35)17-12-14-30(15-13-17)26-29-28-24(38-26)16-10-11-16/h6-8,16-17,33H,4-5,9-15H2,1-3H3. The molecule has 0 bridgehead atoms. The Balaban J connectivity index is 1.51. The highest BCUT2D eigenvalue weighted by Crippen LogP contribution is 2.41. The van der Waals surface area contributed by atoms with Crippen LogP contribution in [0.4, 0.5) is 6.01 Å². The fourth-order valence-corrected chi connectivity index (χ4v) is 6.75. The zero-order chi connectivity index (χ0) is 27.7. The molecule has 1 aliphatic heterocycles. The molecule has 0 unspecified atom stereocenters. The number of ether oxygens (including phenoxy) is 2. The van der Waals surface area contributed by atoms with Gasteiger partial charge in [-0.3, -0.25) is 9.36 Å². The Labute approximate surface area is 226 Å². The van der Waals surface area contributed by atoms with Gasteiger partial charge < -0.3 is 23.9 Å². The minimum Gasteiger partial charge on any atom is -0.494 e. The van der Waals surface area contributed by atoms with Crippen molar-refractivity contribution in [2.75, 3.05) is 32.2 Å². The van der Waals surface area contributed by atoms with Crippen LogP contribution in [0.2, 0.25) is 0 Å². The summed E-state index contributed by atoms with van der Waals surface area (Å²) < 4.78 is 45.8. The smallest absolute Gasteiger partial charge is 0.318 e. The van der Waals surface area contributed by atoms with Crippen LogP contribution in [0.5, 0.6) is 17.4 Å². The Hall–Kier alpha value is -3.61. The molecule has 0 atom stereocenters. The summed E-state index contributed by atoms with van der Waals surface area (Å²) in [4.78, 5) is 18.5. The summed E-state index contributed by atoms with van der Waals surface area (Å²) in [7, 11) is -1.34. The molecule has 1 aromatic carbocycles. The van der Waals surface area contributed by atoms with Crippen molar-refractivity contribution in [3.63, 3.8) is 0 Å². The van der Waals surface area contributed by atoms with Crippen LogP contribution >= 0.6 is 0 Å². The summed E-state index contributed by atoms with van der Waals surface area (Å²) >= 11 is 0. The zero-order valence-corrected chi connectivity index (χ0v) is 23.1. The van der Waals surface area contributed by atoms with Crippen LogP contribution in [-0.2, 0) is 16.3 Å². The van der Waals surface area contributed by atoms with Crippen molar-refractivity contribution in [1.82, 2.24) is 19.7 Å². The van der Waals surface area contributed by atoms with Crippen molar-refractivity contribution in [2.45, 2.75) is 67.9 Å². The van der Waals surface area contributed by atoms with E-state index in [-0.39, 0.29) is 24.4 Å². The second kappa shape index (κ2) is 10.9. The fraction of sp³-hybridized carbons (Fsp3) is 0.538. The molecule has 210 valence electrons. The molecular formula is C26H33N5O7S. The first-order valence-corrected chi connectivity index (χ1v) is 14.7. The van der Waals surface area contributed by atoms with Crippen molar-refractivity contribution in [2.24, 2.45) is 0 Å². The van der Waals surface area contributed by atoms with Gasteiger partial charge in [-0.2, -0.15) is 4.98 Å². The number of anilines is 1. The third kappa shape index (κ3) is 5.07. The Bertz CT molecular complexity index is 1480. The lowest BCUT2D eigenvalue weighted by Crippen LogP contribution is -2.41. The normalized spacial score (nSPS) is 16.4. The Morgan fingerprint density at radius 3 is 2.33 bits per heavy atom. The molecular weight excluding hydrogens is 526 g/mol. The number of hydrogen-bond donors (Lipinski definition) is 1. The second-order valence-corrected chi connectivity index (χ2v) is 12.0. The summed E-state index contributed by atoms with van der Waals surface area (Å²) in [6.07, 6.45) is 4.33. The summed E-state index contributed by atoms with van der Waals surface area (Å²) in [5.74, 6) is 1.12. The quantitative estimate of drug-likeness (QED) is 0.390. The van der Waals surface area contributed by atoms with Gasteiger partial charge in [-0.1, -0.05) is 24.5 Å². The molecule has 1 aliphatic carbocycles. The van der Waals surface area contributed by atoms with E-state index >= 15 is 0 Å². The number of rotatable bonds is 10. The summed E-state index contributed by atoms with van der Waals surface area (Å²) in [5, 5.41) is 18.8. The molecule has 0 amide bonds. The molecule has 0 radical (unpaired) electrons. The topological polar surface area (TPSA) is 150 Å². The number of aromatic nitrogens is 4. The van der Waals surface area contributed by atoms with Gasteiger partial charge in [-0.05, 0) is 44.2 Å². The summed E-state index contributed by atoms with van der Waals surface area (Å²) in [6.45, 7) is 2.69. The molecule has 12 nitrogen and oxygen atoms in total. The van der Waals surface area contributed by atoms with Gasteiger partial charge in [-0.15, -0.1) is 5.10 Å². The van der Waals surface area contributed by atoms with Gasteiger partial charge in [0.25, 0.3) is 5.56 Å². The highest BCUT2D eigenvalue weighted by molar-refractivity contribution is 7.92. The molecule has 3 aromatic rings. The number of aryl methyl sites for hydroxylation is 1. The lowest BCUT2D eigenvalue weighted by Gasteiger charge is -2.30. The second-order valence-electron chi connectivity index (χ2n) is 9.86. The number of sulfone groups is 1. The zero-order valence-electron chi connectivity index (χ0n) is 22.3. The van der Waals surface area contributed by atoms with Crippen molar-refractivity contribution in [3.8, 4) is 23.1 Å². The molecule has 2 aromatic heterocycles. The van der Waals surface area contributed by atoms with Gasteiger partial charge in [0.2, 0.25) is 11.8 Å². The van der Waals surface area contributed by atoms with E-state index in [1.54, 1.807) is 18.2 Å². The summed E-state index contributed by atoms with van der Waals surface area (Å²) in [5.41, 5.74) is -0.704. The van der Waals surface area contributed by atoms with Crippen LogP contribution in [0, 0.1) is 0 Å². The average Bonchev–Trinajstić information content (AvgIpc) is 3.67. The van der Waals surface area contributed by atoms with E-state index < -0.39 is 31.4 Å². The Morgan fingerprint density at radius 2 is 1.74 bits per heavy atom. The number of hydrogen-bond acceptors (Lipinski definition) is 11. The van der Waals surface area contributed by atoms with E-state index in [1.807, 2.05) is 11.8 Å². The van der Waals surface area contributed by atoms with Crippen LogP contribution in [0.1, 0.15) is 63.1 Å². The van der Waals surface area contributed by atoms with Crippen molar-refractivity contribution in [3.05, 3.63) is 40.3 Å². The number of aromatic hydroxyl groups is 1. The monoisotopic (exact) mass is 559 g/mol. The Morgan fingerprint density at radius 1 is 1.08 bits per heavy atom. The van der Waals surface area contributed by atoms with Crippen LogP contribution in [0.15, 0.2) is 32.3 Å². The maximum absolute atomic E-state index is 13.8. The third-order valence-electron chi connectivity index (χ3n) is 7.27. The maximum atomic E-state index is 13.8. The number of piperidine rings is 1. The predicted octanol–water partition coefficient (Wildman–Crippen LogP) is 3.00. The van der Waals surface area contributed by atoms with Gasteiger partial charge in [0, 0.05) is 25.4 Å². The first-order chi connectivity index (χ1) is 18.8. The van der Waals surface area contributed by atoms with E-state index in [0.717, 1.165) is 19.3 Å². The van der Waals surface area contributed by atoms with Crippen LogP contribution in [0.3, 0.4) is 0 Å². The number of unbranched alkanes of at least 4 members (excludes halogenated alkanes) is 1. The van der Waals surface area contributed by atoms with E-state index in [0.29, 0.717) is 55.3 Å². The highest BCUT2D eigenvalue weighted by Gasteiger charge is 2.39. The van der Waals surface area contributed by atoms with Gasteiger partial charge in [0.1, 0.15) is 23.0 Å². The van der Waals surface area contributed by atoms with Gasteiger partial charge in [-0.25, -0.2) is 8.42 Å². The van der Waals surface area contributed by atoms with E-state index in [4.69, 9.17) is 13.9 Å². The fourth-order valence-electron chi connectivity index (χ4n) is 4.95. The lowest BCUT2D eigenvalue weighted by atomic mass is 10.1. The van der Waals surface area contributed by atoms with E-state index in [9.17, 15) is 18.3 Å². The molecule has 1 saturated carbocycles. The van der Waals surface area contributed by atoms with Crippen molar-refractivity contribution < 1.29 is 27.4 Å². The molecule has 1 N–H and O–H groups in total. The van der Waals surface area contributed by atoms with Gasteiger partial charge in [0.15, 0.2) is 14.7 Å². The number of methoxy groups -OCH3 is 2. The minimum atomic E-state index is -4.25. The average molecular weight is 560 g/mol. The van der Waals surface area contributed by atoms with Crippen molar-refractivity contribution in [1.29, 1.82) is 0 Å². The minimum absolute atomic E-state index is 0.220. The Kier molecular flexibility index (Phi) is 7.52. The largest absolute Gasteiger partial charge is 0.494 e. The summed E-state index contributed by atoms with van der Waals surface area (Å²) in [6, 6.07) is 5.41. The number of nitrogens with zero attached hydrogens (tertiary/aromatic N) is 5. The first kappa shape index (κ1) is 27.0. The van der Waals surface area contributed by atoms with Gasteiger partial charge in [0.05, 0.1) is 19.5 Å². The van der Waals surface area contributed by atoms with E-state index in [2.05, 4.69) is 15.2 Å². The molecule has 2 aliphatic rings. The molecule has 13 heteroatoms. The SMILES string of the molecule is CCCCc1nc(=O)c(S(=O)(=O)C2CCN(c3nnc(C4CC4)o3)CC2)c(O)n1-c1c(OC)cccc1OC. The molecule has 5 rings (SSSR count). The molecule has 0 spiro atoms. The van der Waals surface area contributed by atoms with Crippen molar-refractivity contribution >= 4 is 15.9 Å². The van der Waals surface area contributed by atoms with Crippen LogP contribution in [0.25, 0.3) is 5.69 Å². The molecule has 3 heterocycles. The number of benzene rings is 1. The molecule has 2 fully saturated rings. The highest BCUT2D eigenvalue weighted by atomic mass is 32.2. The van der Waals surface area contributed by atoms with Crippen LogP contribution in [-0.4, -0.2) is 65.8 Å². The third-order valence-corrected chi connectivity index (χ3v) is 9.54. The van der Waals surface area contributed by atoms with Gasteiger partial charge >= 0.3 is 6.01 Å². The predicted molar refractivity (Wildman–Crippen MR) is 142 cm³/mol. The lowest BCUT2D eigenvalue weighted by molar-refractivity contribution is 0.373. The maximum Gasteiger partial charge on any atom is 0.318 e. The van der Waals surface area contributed by atoms with E-state index in [1.165, 1.54) is 18.8 Å². The molecule has 39 heavy (non-hydrogen) atoms.